The number of amides is 1. The number of ether oxygens (including phenoxy) is 3. The van der Waals surface area contributed by atoms with Crippen LogP contribution in [0.4, 0.5) is 4.79 Å². The Kier molecular flexibility index (Phi) is 8.41. The number of carbonyl (C=O) groups is 2. The molecular formula is C23H35NO6. The number of aliphatic hydroxyl groups is 1. The zero-order chi connectivity index (χ0) is 22.4. The molecule has 0 saturated carbocycles. The van der Waals surface area contributed by atoms with Crippen LogP contribution in [0.25, 0.3) is 0 Å². The predicted molar refractivity (Wildman–Crippen MR) is 113 cm³/mol. The second-order valence-corrected chi connectivity index (χ2v) is 9.12. The largest absolute Gasteiger partial charge is 0.444 e. The molecule has 7 nitrogen and oxygen atoms in total. The lowest BCUT2D eigenvalue weighted by molar-refractivity contribution is -0.128. The molecule has 1 aliphatic rings. The Morgan fingerprint density at radius 3 is 2.53 bits per heavy atom. The van der Waals surface area contributed by atoms with Crippen molar-refractivity contribution in [2.24, 2.45) is 11.8 Å². The van der Waals surface area contributed by atoms with E-state index in [-0.39, 0.29) is 13.0 Å². The summed E-state index contributed by atoms with van der Waals surface area (Å²) in [7, 11) is 1.67. The smallest absolute Gasteiger partial charge is 0.410 e. The van der Waals surface area contributed by atoms with Gasteiger partial charge in [0, 0.05) is 26.1 Å². The molecule has 0 aromatic heterocycles. The van der Waals surface area contributed by atoms with Crippen LogP contribution >= 0.6 is 0 Å². The number of piperidine rings is 1. The van der Waals surface area contributed by atoms with Crippen LogP contribution in [0, 0.1) is 11.8 Å². The van der Waals surface area contributed by atoms with Crippen molar-refractivity contribution >= 4 is 12.4 Å². The summed E-state index contributed by atoms with van der Waals surface area (Å²) in [6.07, 6.45) is 0.525. The average molecular weight is 422 g/mol. The second-order valence-electron chi connectivity index (χ2n) is 9.12. The van der Waals surface area contributed by atoms with E-state index in [1.165, 1.54) is 4.90 Å². The molecule has 0 radical (unpaired) electrons. The number of benzene rings is 1. The second kappa shape index (κ2) is 10.4. The van der Waals surface area contributed by atoms with Gasteiger partial charge in [-0.3, -0.25) is 0 Å². The van der Waals surface area contributed by atoms with Crippen molar-refractivity contribution in [2.75, 3.05) is 33.4 Å². The van der Waals surface area contributed by atoms with Crippen molar-refractivity contribution in [2.45, 2.75) is 51.9 Å². The summed E-state index contributed by atoms with van der Waals surface area (Å²) < 4.78 is 16.2. The molecule has 1 aromatic carbocycles. The first-order chi connectivity index (χ1) is 14.1. The normalized spacial score (nSPS) is 23.1. The van der Waals surface area contributed by atoms with Crippen molar-refractivity contribution in [3.63, 3.8) is 0 Å². The molecule has 1 saturated heterocycles. The maximum atomic E-state index is 12.3. The quantitative estimate of drug-likeness (QED) is 0.649. The number of hydrogen-bond donors (Lipinski definition) is 1. The highest BCUT2D eigenvalue weighted by atomic mass is 16.6. The van der Waals surface area contributed by atoms with E-state index in [1.807, 2.05) is 24.3 Å². The van der Waals surface area contributed by atoms with Gasteiger partial charge in [-0.25, -0.2) is 4.79 Å². The van der Waals surface area contributed by atoms with E-state index in [9.17, 15) is 14.7 Å². The maximum absolute atomic E-state index is 12.3. The van der Waals surface area contributed by atoms with Gasteiger partial charge in [0.25, 0.3) is 0 Å². The van der Waals surface area contributed by atoms with Crippen LogP contribution in [0.3, 0.4) is 0 Å². The Morgan fingerprint density at radius 1 is 1.30 bits per heavy atom. The number of likely N-dealkylation sites (tertiary alicyclic amines) is 1. The number of hydrogen-bond acceptors (Lipinski definition) is 6. The van der Waals surface area contributed by atoms with Gasteiger partial charge in [-0.2, -0.15) is 0 Å². The minimum atomic E-state index is -1.31. The van der Waals surface area contributed by atoms with E-state index < -0.39 is 23.2 Å². The van der Waals surface area contributed by atoms with E-state index in [0.717, 1.165) is 11.8 Å². The Hall–Kier alpha value is -1.96. The molecule has 0 bridgehead atoms. The third kappa shape index (κ3) is 6.52. The lowest BCUT2D eigenvalue weighted by Gasteiger charge is -2.42. The molecule has 1 aliphatic heterocycles. The first-order valence-corrected chi connectivity index (χ1v) is 10.4. The fourth-order valence-corrected chi connectivity index (χ4v) is 3.58. The van der Waals surface area contributed by atoms with Crippen molar-refractivity contribution in [1.29, 1.82) is 0 Å². The number of carbonyl (C=O) groups excluding carboxylic acids is 2. The van der Waals surface area contributed by atoms with Gasteiger partial charge >= 0.3 is 6.09 Å². The number of methoxy groups -OCH3 is 1. The summed E-state index contributed by atoms with van der Waals surface area (Å²) in [6.45, 7) is 9.62. The van der Waals surface area contributed by atoms with Crippen LogP contribution in [0.2, 0.25) is 0 Å². The molecule has 1 aromatic rings. The van der Waals surface area contributed by atoms with Gasteiger partial charge in [-0.1, -0.05) is 31.2 Å². The molecule has 168 valence electrons. The van der Waals surface area contributed by atoms with E-state index >= 15 is 0 Å². The van der Waals surface area contributed by atoms with E-state index in [0.29, 0.717) is 37.8 Å². The fraction of sp³-hybridized carbons (Fsp3) is 0.652. The molecule has 1 amide bonds. The molecular weight excluding hydrogens is 386 g/mol. The molecule has 0 unspecified atom stereocenters. The fourth-order valence-electron chi connectivity index (χ4n) is 3.58. The minimum Gasteiger partial charge on any atom is -0.444 e. The van der Waals surface area contributed by atoms with Gasteiger partial charge in [0.2, 0.25) is 0 Å². The number of rotatable bonds is 8. The van der Waals surface area contributed by atoms with Gasteiger partial charge in [0.15, 0.2) is 0 Å². The summed E-state index contributed by atoms with van der Waals surface area (Å²) in [5.74, 6) is -0.408. The molecule has 2 rings (SSSR count). The third-order valence-corrected chi connectivity index (χ3v) is 5.19. The molecule has 3 atom stereocenters. The van der Waals surface area contributed by atoms with Crippen molar-refractivity contribution < 1.29 is 28.9 Å². The first kappa shape index (κ1) is 24.3. The SMILES string of the molecule is COC[C@H](C)COCc1ccc([C@@]2(O)CCN(C(=O)OC(C)(C)C)C[C@@H]2C=O)cc1. The summed E-state index contributed by atoms with van der Waals surface area (Å²) in [6, 6.07) is 7.46. The average Bonchev–Trinajstić information content (AvgIpc) is 2.67. The predicted octanol–water partition coefficient (Wildman–Crippen LogP) is 3.13. The van der Waals surface area contributed by atoms with Crippen LogP contribution in [-0.2, 0) is 31.2 Å². The molecule has 0 spiro atoms. The highest BCUT2D eigenvalue weighted by Crippen LogP contribution is 2.37. The summed E-state index contributed by atoms with van der Waals surface area (Å²) in [5, 5.41) is 11.3. The monoisotopic (exact) mass is 421 g/mol. The van der Waals surface area contributed by atoms with E-state index in [1.54, 1.807) is 27.9 Å². The van der Waals surface area contributed by atoms with E-state index in [2.05, 4.69) is 6.92 Å². The van der Waals surface area contributed by atoms with Gasteiger partial charge in [-0.15, -0.1) is 0 Å². The molecule has 7 heteroatoms. The zero-order valence-electron chi connectivity index (χ0n) is 18.7. The Balaban J connectivity index is 2.00. The minimum absolute atomic E-state index is 0.122. The standard InChI is InChI=1S/C23H35NO6/c1-17(14-28-5)15-29-16-18-6-8-19(9-7-18)23(27)10-11-24(12-20(23)13-25)21(26)30-22(2,3)4/h6-9,13,17,20,27H,10-12,14-16H2,1-5H3/t17-,20+,23-/m0/s1. The van der Waals surface area contributed by atoms with Crippen LogP contribution < -0.4 is 0 Å². The zero-order valence-corrected chi connectivity index (χ0v) is 18.7. The molecule has 1 heterocycles. The van der Waals surface area contributed by atoms with E-state index in [4.69, 9.17) is 14.2 Å². The lowest BCUT2D eigenvalue weighted by Crippen LogP contribution is -2.53. The number of aldehydes is 1. The Morgan fingerprint density at radius 2 is 1.97 bits per heavy atom. The van der Waals surface area contributed by atoms with Gasteiger partial charge in [0.1, 0.15) is 17.5 Å². The maximum Gasteiger partial charge on any atom is 0.410 e. The number of nitrogens with zero attached hydrogens (tertiary/aromatic N) is 1. The van der Waals surface area contributed by atoms with Crippen LogP contribution in [0.15, 0.2) is 24.3 Å². The Bertz CT molecular complexity index is 699. The Labute approximate surface area is 179 Å². The lowest BCUT2D eigenvalue weighted by atomic mass is 9.76. The van der Waals surface area contributed by atoms with Crippen LogP contribution in [0.1, 0.15) is 45.2 Å². The van der Waals surface area contributed by atoms with Crippen LogP contribution in [-0.4, -0.2) is 61.4 Å². The molecule has 0 aliphatic carbocycles. The van der Waals surface area contributed by atoms with Crippen molar-refractivity contribution in [3.8, 4) is 0 Å². The molecule has 1 fully saturated rings. The summed E-state index contributed by atoms with van der Waals surface area (Å²) in [4.78, 5) is 25.6. The first-order valence-electron chi connectivity index (χ1n) is 10.4. The highest BCUT2D eigenvalue weighted by Gasteiger charge is 2.44. The third-order valence-electron chi connectivity index (χ3n) is 5.19. The van der Waals surface area contributed by atoms with Crippen molar-refractivity contribution in [3.05, 3.63) is 35.4 Å². The van der Waals surface area contributed by atoms with Gasteiger partial charge in [0.05, 0.1) is 25.7 Å². The van der Waals surface area contributed by atoms with Gasteiger partial charge in [-0.05, 0) is 38.3 Å². The topological polar surface area (TPSA) is 85.3 Å². The van der Waals surface area contributed by atoms with Crippen molar-refractivity contribution in [1.82, 2.24) is 4.90 Å². The van der Waals surface area contributed by atoms with Gasteiger partial charge < -0.3 is 29.0 Å². The molecule has 30 heavy (non-hydrogen) atoms. The highest BCUT2D eigenvalue weighted by molar-refractivity contribution is 5.70. The van der Waals surface area contributed by atoms with Crippen LogP contribution in [0.5, 0.6) is 0 Å². The summed E-state index contributed by atoms with van der Waals surface area (Å²) in [5.41, 5.74) is -0.270. The molecule has 1 N–H and O–H groups in total. The summed E-state index contributed by atoms with van der Waals surface area (Å²) >= 11 is 0.